The van der Waals surface area contributed by atoms with E-state index in [1.54, 1.807) is 0 Å². The summed E-state index contributed by atoms with van der Waals surface area (Å²) in [6.45, 7) is -1.09. The zero-order chi connectivity index (χ0) is 14.8. The molecular formula is C12H17F3N2O3. The molecule has 1 N–H and O–H groups in total. The molecular weight excluding hydrogens is 277 g/mol. The van der Waals surface area contributed by atoms with Crippen molar-refractivity contribution in [3.8, 4) is 0 Å². The number of hydrogen-bond acceptors (Lipinski definition) is 3. The predicted molar refractivity (Wildman–Crippen MR) is 62.5 cm³/mol. The topological polar surface area (TPSA) is 58.6 Å². The SMILES string of the molecule is O=C1CN(CCOC(F)(F)F)C(=O)C2(CCCCC2)N1. The van der Waals surface area contributed by atoms with Gasteiger partial charge in [-0.05, 0) is 12.8 Å². The lowest BCUT2D eigenvalue weighted by molar-refractivity contribution is -0.324. The van der Waals surface area contributed by atoms with Crippen LogP contribution in [0.4, 0.5) is 13.2 Å². The highest BCUT2D eigenvalue weighted by Crippen LogP contribution is 2.31. The molecule has 0 bridgehead atoms. The first-order valence-corrected chi connectivity index (χ1v) is 6.63. The normalized spacial score (nSPS) is 23.1. The van der Waals surface area contributed by atoms with E-state index < -0.39 is 18.5 Å². The second-order valence-electron chi connectivity index (χ2n) is 5.21. The highest BCUT2D eigenvalue weighted by molar-refractivity contribution is 5.98. The number of hydrogen-bond donors (Lipinski definition) is 1. The third-order valence-electron chi connectivity index (χ3n) is 3.74. The largest absolute Gasteiger partial charge is 0.522 e. The Morgan fingerprint density at radius 2 is 1.85 bits per heavy atom. The summed E-state index contributed by atoms with van der Waals surface area (Å²) in [6.07, 6.45) is -0.952. The average molecular weight is 294 g/mol. The van der Waals surface area contributed by atoms with E-state index in [-0.39, 0.29) is 24.9 Å². The molecule has 0 unspecified atom stereocenters. The highest BCUT2D eigenvalue weighted by Gasteiger charge is 2.46. The lowest BCUT2D eigenvalue weighted by atomic mass is 9.79. The van der Waals surface area contributed by atoms with Gasteiger partial charge in [-0.1, -0.05) is 19.3 Å². The Kier molecular flexibility index (Phi) is 4.22. The van der Waals surface area contributed by atoms with Crippen LogP contribution in [0.25, 0.3) is 0 Å². The molecule has 1 spiro atoms. The van der Waals surface area contributed by atoms with E-state index in [1.807, 2.05) is 0 Å². The zero-order valence-corrected chi connectivity index (χ0v) is 11.0. The van der Waals surface area contributed by atoms with Crippen LogP contribution in [0.1, 0.15) is 32.1 Å². The van der Waals surface area contributed by atoms with Crippen LogP contribution in [0.2, 0.25) is 0 Å². The van der Waals surface area contributed by atoms with Crippen molar-refractivity contribution in [3.63, 3.8) is 0 Å². The van der Waals surface area contributed by atoms with Crippen LogP contribution in [-0.2, 0) is 14.3 Å². The van der Waals surface area contributed by atoms with E-state index in [0.29, 0.717) is 12.8 Å². The quantitative estimate of drug-likeness (QED) is 0.850. The molecule has 2 aliphatic rings. The number of amides is 2. The fraction of sp³-hybridized carbons (Fsp3) is 0.833. The maximum atomic E-state index is 12.4. The van der Waals surface area contributed by atoms with Crippen molar-refractivity contribution >= 4 is 11.8 Å². The average Bonchev–Trinajstić information content (AvgIpc) is 2.35. The first-order chi connectivity index (χ1) is 9.32. The Labute approximate surface area is 114 Å². The molecule has 1 aliphatic heterocycles. The van der Waals surface area contributed by atoms with Gasteiger partial charge in [0, 0.05) is 6.54 Å². The van der Waals surface area contributed by atoms with Gasteiger partial charge < -0.3 is 10.2 Å². The second-order valence-corrected chi connectivity index (χ2v) is 5.21. The van der Waals surface area contributed by atoms with E-state index >= 15 is 0 Å². The molecule has 8 heteroatoms. The Balaban J connectivity index is 1.98. The second kappa shape index (κ2) is 5.59. The Bertz CT molecular complexity index is 392. The van der Waals surface area contributed by atoms with Crippen LogP contribution in [0.5, 0.6) is 0 Å². The van der Waals surface area contributed by atoms with E-state index in [2.05, 4.69) is 10.1 Å². The lowest BCUT2D eigenvalue weighted by Crippen LogP contribution is -2.67. The summed E-state index contributed by atoms with van der Waals surface area (Å²) in [5, 5.41) is 2.72. The summed E-state index contributed by atoms with van der Waals surface area (Å²) in [5.41, 5.74) is -0.911. The maximum absolute atomic E-state index is 12.4. The van der Waals surface area contributed by atoms with Gasteiger partial charge in [-0.2, -0.15) is 0 Å². The van der Waals surface area contributed by atoms with E-state index in [0.717, 1.165) is 24.2 Å². The number of halogens is 3. The molecule has 2 rings (SSSR count). The maximum Gasteiger partial charge on any atom is 0.522 e. The van der Waals surface area contributed by atoms with Gasteiger partial charge >= 0.3 is 6.36 Å². The van der Waals surface area contributed by atoms with Crippen molar-refractivity contribution in [2.75, 3.05) is 19.7 Å². The fourth-order valence-electron chi connectivity index (χ4n) is 2.85. The number of carbonyl (C=O) groups is 2. The van der Waals surface area contributed by atoms with Crippen LogP contribution in [0.15, 0.2) is 0 Å². The van der Waals surface area contributed by atoms with Crippen molar-refractivity contribution in [3.05, 3.63) is 0 Å². The van der Waals surface area contributed by atoms with Gasteiger partial charge in [-0.25, -0.2) is 0 Å². The molecule has 5 nitrogen and oxygen atoms in total. The molecule has 1 heterocycles. The summed E-state index contributed by atoms with van der Waals surface area (Å²) in [5.74, 6) is -0.610. The number of ether oxygens (including phenoxy) is 1. The highest BCUT2D eigenvalue weighted by atomic mass is 19.4. The first-order valence-electron chi connectivity index (χ1n) is 6.63. The molecule has 1 saturated carbocycles. The molecule has 20 heavy (non-hydrogen) atoms. The van der Waals surface area contributed by atoms with Gasteiger partial charge in [-0.3, -0.25) is 14.3 Å². The number of nitrogens with zero attached hydrogens (tertiary/aromatic N) is 1. The van der Waals surface area contributed by atoms with E-state index in [9.17, 15) is 22.8 Å². The summed E-state index contributed by atoms with van der Waals surface area (Å²) >= 11 is 0. The minimum Gasteiger partial charge on any atom is -0.340 e. The minimum absolute atomic E-state index is 0.207. The molecule has 0 aromatic rings. The number of carbonyl (C=O) groups excluding carboxylic acids is 2. The number of nitrogens with one attached hydrogen (secondary N) is 1. The van der Waals surface area contributed by atoms with E-state index in [4.69, 9.17) is 0 Å². The summed E-state index contributed by atoms with van der Waals surface area (Å²) in [6, 6.07) is 0. The molecule has 2 fully saturated rings. The van der Waals surface area contributed by atoms with Gasteiger partial charge in [0.2, 0.25) is 11.8 Å². The molecule has 0 radical (unpaired) electrons. The molecule has 1 aliphatic carbocycles. The van der Waals surface area contributed by atoms with Gasteiger partial charge in [0.15, 0.2) is 0 Å². The fourth-order valence-corrected chi connectivity index (χ4v) is 2.85. The molecule has 0 aromatic carbocycles. The summed E-state index contributed by atoms with van der Waals surface area (Å²) < 4.78 is 39.4. The van der Waals surface area contributed by atoms with Crippen LogP contribution in [0.3, 0.4) is 0 Å². The number of rotatable bonds is 3. The molecule has 0 atom stereocenters. The Morgan fingerprint density at radius 1 is 1.20 bits per heavy atom. The van der Waals surface area contributed by atoms with Crippen molar-refractivity contribution in [1.82, 2.24) is 10.2 Å². The molecule has 114 valence electrons. The van der Waals surface area contributed by atoms with Crippen molar-refractivity contribution < 1.29 is 27.5 Å². The lowest BCUT2D eigenvalue weighted by Gasteiger charge is -2.44. The Morgan fingerprint density at radius 3 is 2.45 bits per heavy atom. The van der Waals surface area contributed by atoms with E-state index in [1.165, 1.54) is 0 Å². The molecule has 1 saturated heterocycles. The van der Waals surface area contributed by atoms with Crippen molar-refractivity contribution in [2.24, 2.45) is 0 Å². The number of alkyl halides is 3. The monoisotopic (exact) mass is 294 g/mol. The van der Waals surface area contributed by atoms with Crippen LogP contribution in [0, 0.1) is 0 Å². The van der Waals surface area contributed by atoms with Gasteiger partial charge in [0.05, 0.1) is 13.2 Å². The van der Waals surface area contributed by atoms with Crippen LogP contribution < -0.4 is 5.32 Å². The standard InChI is InChI=1S/C12H17F3N2O3/c13-12(14,15)20-7-6-17-8-9(18)16-11(10(17)19)4-2-1-3-5-11/h1-8H2,(H,16,18). The van der Waals surface area contributed by atoms with Gasteiger partial charge in [-0.15, -0.1) is 13.2 Å². The summed E-state index contributed by atoms with van der Waals surface area (Å²) in [4.78, 5) is 25.2. The van der Waals surface area contributed by atoms with Crippen LogP contribution >= 0.6 is 0 Å². The zero-order valence-electron chi connectivity index (χ0n) is 11.0. The van der Waals surface area contributed by atoms with Crippen molar-refractivity contribution in [2.45, 2.75) is 44.0 Å². The third kappa shape index (κ3) is 3.41. The molecule has 0 aromatic heterocycles. The minimum atomic E-state index is -4.72. The van der Waals surface area contributed by atoms with Crippen molar-refractivity contribution in [1.29, 1.82) is 0 Å². The van der Waals surface area contributed by atoms with Gasteiger partial charge in [0.25, 0.3) is 0 Å². The smallest absolute Gasteiger partial charge is 0.340 e. The summed E-state index contributed by atoms with van der Waals surface area (Å²) in [7, 11) is 0. The third-order valence-corrected chi connectivity index (χ3v) is 3.74. The first kappa shape index (κ1) is 15.1. The Hall–Kier alpha value is -1.31. The predicted octanol–water partition coefficient (Wildman–Crippen LogP) is 1.18. The van der Waals surface area contributed by atoms with Crippen LogP contribution in [-0.4, -0.2) is 48.3 Å². The van der Waals surface area contributed by atoms with Gasteiger partial charge in [0.1, 0.15) is 5.54 Å². The number of piperazine rings is 1. The molecule has 2 amide bonds.